The van der Waals surface area contributed by atoms with Crippen LogP contribution in [0.3, 0.4) is 0 Å². The standard InChI is InChI=1S/C24H25F3N4O3/c1-14(2)20(31-22(33)17-5-3-4-6-18(17)23(31)34)21(32)29-16-9-11-30(12-10-16)19-8-7-15(13-28-19)24(25,26)27/h3-8,13-14,16,20H,9-12H2,1-2H3,(H,29,32). The number of aromatic nitrogens is 1. The summed E-state index contributed by atoms with van der Waals surface area (Å²) < 4.78 is 38.3. The monoisotopic (exact) mass is 474 g/mol. The van der Waals surface area contributed by atoms with Crippen LogP contribution in [0.1, 0.15) is 53.0 Å². The van der Waals surface area contributed by atoms with E-state index in [0.717, 1.165) is 17.2 Å². The fraction of sp³-hybridized carbons (Fsp3) is 0.417. The van der Waals surface area contributed by atoms with Gasteiger partial charge in [-0.15, -0.1) is 0 Å². The first-order chi connectivity index (χ1) is 16.1. The molecule has 1 aromatic heterocycles. The molecule has 1 fully saturated rings. The van der Waals surface area contributed by atoms with Gasteiger partial charge in [-0.05, 0) is 43.0 Å². The highest BCUT2D eigenvalue weighted by Crippen LogP contribution is 2.30. The summed E-state index contributed by atoms with van der Waals surface area (Å²) in [5.74, 6) is -1.19. The van der Waals surface area contributed by atoms with Crippen LogP contribution < -0.4 is 10.2 Å². The topological polar surface area (TPSA) is 82.6 Å². The Hall–Kier alpha value is -3.43. The average molecular weight is 474 g/mol. The number of fused-ring (bicyclic) bond motifs is 1. The van der Waals surface area contributed by atoms with Crippen LogP contribution in [0, 0.1) is 5.92 Å². The molecule has 1 saturated heterocycles. The van der Waals surface area contributed by atoms with Gasteiger partial charge in [0.1, 0.15) is 11.9 Å². The zero-order valence-electron chi connectivity index (χ0n) is 18.8. The number of imide groups is 1. The summed E-state index contributed by atoms with van der Waals surface area (Å²) in [6, 6.07) is 7.74. The maximum atomic E-state index is 13.2. The third kappa shape index (κ3) is 4.49. The summed E-state index contributed by atoms with van der Waals surface area (Å²) in [4.78, 5) is 45.8. The Morgan fingerprint density at radius 1 is 1.03 bits per heavy atom. The number of carbonyl (C=O) groups is 3. The highest BCUT2D eigenvalue weighted by atomic mass is 19.4. The van der Waals surface area contributed by atoms with Crippen LogP contribution in [-0.2, 0) is 11.0 Å². The molecule has 2 aromatic rings. The molecular weight excluding hydrogens is 449 g/mol. The van der Waals surface area contributed by atoms with Crippen LogP contribution in [0.5, 0.6) is 0 Å². The normalized spacial score (nSPS) is 17.8. The van der Waals surface area contributed by atoms with Crippen molar-refractivity contribution in [2.24, 2.45) is 5.92 Å². The van der Waals surface area contributed by atoms with Crippen molar-refractivity contribution >= 4 is 23.5 Å². The second-order valence-corrected chi connectivity index (χ2v) is 8.89. The first-order valence-electron chi connectivity index (χ1n) is 11.1. The molecule has 2 aliphatic rings. The number of hydrogen-bond acceptors (Lipinski definition) is 5. The van der Waals surface area contributed by atoms with Crippen LogP contribution in [0.25, 0.3) is 0 Å². The quantitative estimate of drug-likeness (QED) is 0.671. The summed E-state index contributed by atoms with van der Waals surface area (Å²) in [6.45, 7) is 4.57. The third-order valence-electron chi connectivity index (χ3n) is 6.24. The van der Waals surface area contributed by atoms with Gasteiger partial charge in [0.25, 0.3) is 11.8 Å². The molecule has 2 aliphatic heterocycles. The largest absolute Gasteiger partial charge is 0.417 e. The van der Waals surface area contributed by atoms with E-state index >= 15 is 0 Å². The molecule has 3 amide bonds. The Bertz CT molecular complexity index is 1060. The van der Waals surface area contributed by atoms with Crippen molar-refractivity contribution in [1.82, 2.24) is 15.2 Å². The number of benzene rings is 1. The number of nitrogens with zero attached hydrogens (tertiary/aromatic N) is 3. The summed E-state index contributed by atoms with van der Waals surface area (Å²) in [5.41, 5.74) is -0.210. The maximum Gasteiger partial charge on any atom is 0.417 e. The van der Waals surface area contributed by atoms with Crippen LogP contribution in [0.15, 0.2) is 42.6 Å². The number of rotatable bonds is 5. The zero-order valence-corrected chi connectivity index (χ0v) is 18.8. The van der Waals surface area contributed by atoms with E-state index in [9.17, 15) is 27.6 Å². The minimum atomic E-state index is -4.44. The Balaban J connectivity index is 1.39. The fourth-order valence-electron chi connectivity index (χ4n) is 4.46. The molecule has 34 heavy (non-hydrogen) atoms. The Labute approximate surface area is 194 Å². The predicted molar refractivity (Wildman–Crippen MR) is 118 cm³/mol. The molecule has 7 nitrogen and oxygen atoms in total. The van der Waals surface area contributed by atoms with Crippen LogP contribution in [0.2, 0.25) is 0 Å². The lowest BCUT2D eigenvalue weighted by Crippen LogP contribution is -2.55. The van der Waals surface area contributed by atoms with E-state index in [0.29, 0.717) is 42.9 Å². The summed E-state index contributed by atoms with van der Waals surface area (Å²) in [5, 5.41) is 2.97. The van der Waals surface area contributed by atoms with Gasteiger partial charge >= 0.3 is 6.18 Å². The SMILES string of the molecule is CC(C)C(C(=O)NC1CCN(c2ccc(C(F)(F)F)cn2)CC1)N1C(=O)c2ccccc2C1=O. The molecular formula is C24H25F3N4O3. The lowest BCUT2D eigenvalue weighted by Gasteiger charge is -2.35. The van der Waals surface area contributed by atoms with Gasteiger partial charge in [-0.2, -0.15) is 13.2 Å². The number of piperidine rings is 1. The molecule has 0 radical (unpaired) electrons. The molecule has 0 bridgehead atoms. The predicted octanol–water partition coefficient (Wildman–Crippen LogP) is 3.51. The van der Waals surface area contributed by atoms with Crippen molar-refractivity contribution in [2.75, 3.05) is 18.0 Å². The van der Waals surface area contributed by atoms with Gasteiger partial charge in [0.05, 0.1) is 16.7 Å². The molecule has 180 valence electrons. The van der Waals surface area contributed by atoms with Gasteiger partial charge in [-0.1, -0.05) is 26.0 Å². The van der Waals surface area contributed by atoms with Crippen molar-refractivity contribution in [2.45, 2.75) is 44.9 Å². The molecule has 1 N–H and O–H groups in total. The van der Waals surface area contributed by atoms with Gasteiger partial charge in [-0.3, -0.25) is 19.3 Å². The van der Waals surface area contributed by atoms with Gasteiger partial charge in [0, 0.05) is 25.3 Å². The summed E-state index contributed by atoms with van der Waals surface area (Å²) >= 11 is 0. The van der Waals surface area contributed by atoms with E-state index in [-0.39, 0.29) is 12.0 Å². The number of carbonyl (C=O) groups excluding carboxylic acids is 3. The van der Waals surface area contributed by atoms with E-state index in [4.69, 9.17) is 0 Å². The Kier molecular flexibility index (Phi) is 6.33. The molecule has 1 aromatic carbocycles. The minimum Gasteiger partial charge on any atom is -0.356 e. The molecule has 1 unspecified atom stereocenters. The fourth-order valence-corrected chi connectivity index (χ4v) is 4.46. The average Bonchev–Trinajstić information content (AvgIpc) is 3.04. The highest BCUT2D eigenvalue weighted by molar-refractivity contribution is 6.22. The molecule has 0 aliphatic carbocycles. The van der Waals surface area contributed by atoms with Crippen molar-refractivity contribution in [3.63, 3.8) is 0 Å². The van der Waals surface area contributed by atoms with Crippen LogP contribution in [-0.4, -0.2) is 52.8 Å². The van der Waals surface area contributed by atoms with Crippen LogP contribution >= 0.6 is 0 Å². The van der Waals surface area contributed by atoms with Crippen molar-refractivity contribution < 1.29 is 27.6 Å². The Morgan fingerprint density at radius 2 is 1.62 bits per heavy atom. The molecule has 0 saturated carbocycles. The van der Waals surface area contributed by atoms with Crippen molar-refractivity contribution in [3.05, 3.63) is 59.3 Å². The smallest absolute Gasteiger partial charge is 0.356 e. The highest BCUT2D eigenvalue weighted by Gasteiger charge is 2.44. The number of amides is 3. The van der Waals surface area contributed by atoms with E-state index in [2.05, 4.69) is 10.3 Å². The molecule has 0 spiro atoms. The van der Waals surface area contributed by atoms with Gasteiger partial charge in [0.15, 0.2) is 0 Å². The van der Waals surface area contributed by atoms with Gasteiger partial charge < -0.3 is 10.2 Å². The summed E-state index contributed by atoms with van der Waals surface area (Å²) in [7, 11) is 0. The lowest BCUT2D eigenvalue weighted by molar-refractivity contribution is -0.137. The molecule has 3 heterocycles. The molecule has 1 atom stereocenters. The molecule has 10 heteroatoms. The number of nitrogens with one attached hydrogen (secondary N) is 1. The second-order valence-electron chi connectivity index (χ2n) is 8.89. The number of anilines is 1. The third-order valence-corrected chi connectivity index (χ3v) is 6.24. The van der Waals surface area contributed by atoms with E-state index < -0.39 is 35.5 Å². The lowest BCUT2D eigenvalue weighted by atomic mass is 9.99. The number of pyridine rings is 1. The van der Waals surface area contributed by atoms with Crippen LogP contribution in [0.4, 0.5) is 19.0 Å². The van der Waals surface area contributed by atoms with Gasteiger partial charge in [0.2, 0.25) is 5.91 Å². The minimum absolute atomic E-state index is 0.186. The van der Waals surface area contributed by atoms with E-state index in [1.807, 2.05) is 4.90 Å². The first kappa shape index (κ1) is 23.7. The number of halogens is 3. The van der Waals surface area contributed by atoms with Gasteiger partial charge in [-0.25, -0.2) is 4.98 Å². The van der Waals surface area contributed by atoms with E-state index in [1.54, 1.807) is 38.1 Å². The first-order valence-corrected chi connectivity index (χ1v) is 11.1. The zero-order chi connectivity index (χ0) is 24.6. The summed E-state index contributed by atoms with van der Waals surface area (Å²) in [6.07, 6.45) is -2.50. The number of alkyl halides is 3. The maximum absolute atomic E-state index is 13.2. The van der Waals surface area contributed by atoms with Crippen molar-refractivity contribution in [1.29, 1.82) is 0 Å². The Morgan fingerprint density at radius 3 is 2.09 bits per heavy atom. The molecule has 4 rings (SSSR count). The number of hydrogen-bond donors (Lipinski definition) is 1. The van der Waals surface area contributed by atoms with E-state index in [1.165, 1.54) is 6.07 Å². The van der Waals surface area contributed by atoms with Crippen molar-refractivity contribution in [3.8, 4) is 0 Å². The second kappa shape index (κ2) is 9.08.